The minimum Gasteiger partial charge on any atom is -0.389 e. The molecule has 1 aromatic heterocycles. The number of aromatic nitrogens is 1. The molecular weight excluding hydrogens is 322 g/mol. The second-order valence-corrected chi connectivity index (χ2v) is 6.41. The van der Waals surface area contributed by atoms with Gasteiger partial charge in [0.05, 0.1) is 16.8 Å². The number of rotatable bonds is 2. The molecule has 0 radical (unpaired) electrons. The van der Waals surface area contributed by atoms with E-state index in [0.717, 1.165) is 25.3 Å². The normalized spacial score (nSPS) is 11.1. The first-order valence-electron chi connectivity index (χ1n) is 5.95. The minimum absolute atomic E-state index is 0.00372. The standard InChI is InChI=1S/C15H12BrNOS/c1-9-5-6-10(16)7-12(9)11-3-2-4-13-15(11)17-14(8-18)19-13/h2-7,18H,8H2,1H3. The fraction of sp³-hybridized carbons (Fsp3) is 0.133. The van der Waals surface area contributed by atoms with Crippen molar-refractivity contribution < 1.29 is 5.11 Å². The Balaban J connectivity index is 2.29. The molecule has 0 atom stereocenters. The summed E-state index contributed by atoms with van der Waals surface area (Å²) in [7, 11) is 0. The second kappa shape index (κ2) is 5.04. The number of para-hydroxylation sites is 1. The van der Waals surface area contributed by atoms with Gasteiger partial charge in [0.25, 0.3) is 0 Å². The Morgan fingerprint density at radius 3 is 2.84 bits per heavy atom. The van der Waals surface area contributed by atoms with Crippen LogP contribution in [0, 0.1) is 6.92 Å². The van der Waals surface area contributed by atoms with Crippen molar-refractivity contribution in [1.29, 1.82) is 0 Å². The Morgan fingerprint density at radius 2 is 2.05 bits per heavy atom. The molecule has 0 aliphatic rings. The highest BCUT2D eigenvalue weighted by Crippen LogP contribution is 2.34. The summed E-state index contributed by atoms with van der Waals surface area (Å²) in [6, 6.07) is 12.4. The van der Waals surface area contributed by atoms with Gasteiger partial charge >= 0.3 is 0 Å². The maximum atomic E-state index is 9.24. The largest absolute Gasteiger partial charge is 0.389 e. The predicted octanol–water partition coefficient (Wildman–Crippen LogP) is 4.53. The zero-order valence-electron chi connectivity index (χ0n) is 10.4. The molecule has 19 heavy (non-hydrogen) atoms. The van der Waals surface area contributed by atoms with Gasteiger partial charge in [0.2, 0.25) is 0 Å². The van der Waals surface area contributed by atoms with E-state index in [-0.39, 0.29) is 6.61 Å². The number of aliphatic hydroxyl groups is 1. The van der Waals surface area contributed by atoms with Crippen molar-refractivity contribution in [2.75, 3.05) is 0 Å². The quantitative estimate of drug-likeness (QED) is 0.747. The fourth-order valence-corrected chi connectivity index (χ4v) is 3.38. The van der Waals surface area contributed by atoms with E-state index < -0.39 is 0 Å². The van der Waals surface area contributed by atoms with Crippen LogP contribution in [0.5, 0.6) is 0 Å². The highest BCUT2D eigenvalue weighted by molar-refractivity contribution is 9.10. The van der Waals surface area contributed by atoms with E-state index in [0.29, 0.717) is 0 Å². The van der Waals surface area contributed by atoms with E-state index in [1.54, 1.807) is 11.3 Å². The Hall–Kier alpha value is -1.23. The third-order valence-electron chi connectivity index (χ3n) is 3.09. The molecule has 3 aromatic rings. The first-order valence-corrected chi connectivity index (χ1v) is 7.56. The molecule has 0 saturated heterocycles. The van der Waals surface area contributed by atoms with E-state index in [2.05, 4.69) is 46.0 Å². The van der Waals surface area contributed by atoms with Gasteiger partial charge in [0, 0.05) is 10.0 Å². The van der Waals surface area contributed by atoms with Crippen LogP contribution in [-0.2, 0) is 6.61 Å². The van der Waals surface area contributed by atoms with E-state index in [4.69, 9.17) is 0 Å². The van der Waals surface area contributed by atoms with Crippen LogP contribution >= 0.6 is 27.3 Å². The van der Waals surface area contributed by atoms with Crippen molar-refractivity contribution in [3.8, 4) is 11.1 Å². The lowest BCUT2D eigenvalue weighted by molar-refractivity contribution is 0.281. The monoisotopic (exact) mass is 333 g/mol. The molecule has 2 aromatic carbocycles. The van der Waals surface area contributed by atoms with Crippen LogP contribution in [0.3, 0.4) is 0 Å². The molecule has 3 rings (SSSR count). The first-order chi connectivity index (χ1) is 9.19. The van der Waals surface area contributed by atoms with Crippen LogP contribution in [0.2, 0.25) is 0 Å². The lowest BCUT2D eigenvalue weighted by Gasteiger charge is -2.07. The molecule has 4 heteroatoms. The molecule has 0 saturated carbocycles. The smallest absolute Gasteiger partial charge is 0.119 e. The van der Waals surface area contributed by atoms with Gasteiger partial charge in [0.1, 0.15) is 5.01 Å². The molecular formula is C15H12BrNOS. The average molecular weight is 334 g/mol. The molecule has 0 spiro atoms. The van der Waals surface area contributed by atoms with Crippen LogP contribution in [0.25, 0.3) is 21.3 Å². The van der Waals surface area contributed by atoms with E-state index >= 15 is 0 Å². The summed E-state index contributed by atoms with van der Waals surface area (Å²) in [4.78, 5) is 4.53. The number of hydrogen-bond acceptors (Lipinski definition) is 3. The molecule has 0 bridgehead atoms. The third kappa shape index (κ3) is 2.31. The molecule has 0 fully saturated rings. The van der Waals surface area contributed by atoms with E-state index in [9.17, 15) is 5.11 Å². The number of nitrogens with zero attached hydrogens (tertiary/aromatic N) is 1. The molecule has 0 aliphatic heterocycles. The van der Waals surface area contributed by atoms with Crippen LogP contribution in [-0.4, -0.2) is 10.1 Å². The number of aliphatic hydroxyl groups excluding tert-OH is 1. The number of fused-ring (bicyclic) bond motifs is 1. The summed E-state index contributed by atoms with van der Waals surface area (Å²) in [5.41, 5.74) is 4.48. The summed E-state index contributed by atoms with van der Waals surface area (Å²) in [5, 5.41) is 10.00. The van der Waals surface area contributed by atoms with Gasteiger partial charge in [-0.05, 0) is 36.2 Å². The van der Waals surface area contributed by atoms with Crippen LogP contribution < -0.4 is 0 Å². The van der Waals surface area contributed by atoms with Gasteiger partial charge in [-0.25, -0.2) is 4.98 Å². The zero-order chi connectivity index (χ0) is 13.4. The van der Waals surface area contributed by atoms with Crippen LogP contribution in [0.4, 0.5) is 0 Å². The summed E-state index contributed by atoms with van der Waals surface area (Å²) in [5.74, 6) is 0. The SMILES string of the molecule is Cc1ccc(Br)cc1-c1cccc2sc(CO)nc12. The number of thiazole rings is 1. The topological polar surface area (TPSA) is 33.1 Å². The van der Waals surface area contributed by atoms with Crippen molar-refractivity contribution >= 4 is 37.5 Å². The highest BCUT2D eigenvalue weighted by atomic mass is 79.9. The molecule has 0 unspecified atom stereocenters. The Bertz CT molecular complexity index is 751. The predicted molar refractivity (Wildman–Crippen MR) is 83.4 cm³/mol. The molecule has 2 nitrogen and oxygen atoms in total. The summed E-state index contributed by atoms with van der Waals surface area (Å²) in [6.07, 6.45) is 0. The third-order valence-corrected chi connectivity index (χ3v) is 4.59. The van der Waals surface area contributed by atoms with E-state index in [1.165, 1.54) is 11.1 Å². The van der Waals surface area contributed by atoms with Gasteiger partial charge < -0.3 is 5.11 Å². The lowest BCUT2D eigenvalue weighted by Crippen LogP contribution is -1.86. The minimum atomic E-state index is -0.00372. The molecule has 1 heterocycles. The van der Waals surface area contributed by atoms with Crippen LogP contribution in [0.15, 0.2) is 40.9 Å². The van der Waals surface area contributed by atoms with Crippen LogP contribution in [0.1, 0.15) is 10.6 Å². The van der Waals surface area contributed by atoms with Gasteiger partial charge in [0.15, 0.2) is 0 Å². The van der Waals surface area contributed by atoms with Gasteiger partial charge in [-0.3, -0.25) is 0 Å². The van der Waals surface area contributed by atoms with Crippen molar-refractivity contribution in [3.63, 3.8) is 0 Å². The number of aryl methyl sites for hydroxylation is 1. The Kier molecular flexibility index (Phi) is 3.39. The van der Waals surface area contributed by atoms with Crippen molar-refractivity contribution in [2.45, 2.75) is 13.5 Å². The molecule has 0 amide bonds. The molecule has 1 N–H and O–H groups in total. The number of benzene rings is 2. The van der Waals surface area contributed by atoms with Crippen molar-refractivity contribution in [1.82, 2.24) is 4.98 Å². The van der Waals surface area contributed by atoms with Gasteiger partial charge in [-0.15, -0.1) is 11.3 Å². The summed E-state index contributed by atoms with van der Waals surface area (Å²) < 4.78 is 2.17. The van der Waals surface area contributed by atoms with Gasteiger partial charge in [-0.1, -0.05) is 34.1 Å². The number of halogens is 1. The zero-order valence-corrected chi connectivity index (χ0v) is 12.8. The second-order valence-electron chi connectivity index (χ2n) is 4.38. The fourth-order valence-electron chi connectivity index (χ4n) is 2.16. The van der Waals surface area contributed by atoms with Gasteiger partial charge in [-0.2, -0.15) is 0 Å². The summed E-state index contributed by atoms with van der Waals surface area (Å²) in [6.45, 7) is 2.09. The first kappa shape index (κ1) is 12.8. The maximum absolute atomic E-state index is 9.24. The average Bonchev–Trinajstić information content (AvgIpc) is 2.84. The molecule has 96 valence electrons. The lowest BCUT2D eigenvalue weighted by atomic mass is 10.00. The highest BCUT2D eigenvalue weighted by Gasteiger charge is 2.11. The summed E-state index contributed by atoms with van der Waals surface area (Å²) >= 11 is 5.06. The Labute approximate surface area is 123 Å². The maximum Gasteiger partial charge on any atom is 0.119 e. The Morgan fingerprint density at radius 1 is 1.21 bits per heavy atom. The van der Waals surface area contributed by atoms with E-state index in [1.807, 2.05) is 18.2 Å². The molecule has 0 aliphatic carbocycles. The van der Waals surface area contributed by atoms with Crippen molar-refractivity contribution in [3.05, 3.63) is 51.4 Å². The van der Waals surface area contributed by atoms with Crippen molar-refractivity contribution in [2.24, 2.45) is 0 Å². The number of hydrogen-bond donors (Lipinski definition) is 1.